The summed E-state index contributed by atoms with van der Waals surface area (Å²) < 4.78 is 0.881. The standard InChI is InChI=1S/C13H19BrN2O2/c1-4-16(8-13(18)15-3)12-6-5-10(9(2)17)7-11(12)14/h5-7,9,17H,4,8H2,1-3H3,(H,15,18)/t9-/m0/s1. The van der Waals surface area contributed by atoms with Gasteiger partial charge in [0.2, 0.25) is 5.91 Å². The molecule has 0 fully saturated rings. The van der Waals surface area contributed by atoms with Gasteiger partial charge in [0.15, 0.2) is 0 Å². The van der Waals surface area contributed by atoms with Gasteiger partial charge in [-0.05, 0) is 47.5 Å². The zero-order valence-corrected chi connectivity index (χ0v) is 12.5. The van der Waals surface area contributed by atoms with E-state index in [9.17, 15) is 9.90 Å². The molecule has 0 spiro atoms. The quantitative estimate of drug-likeness (QED) is 0.875. The molecule has 0 aliphatic carbocycles. The Bertz CT molecular complexity index is 421. The van der Waals surface area contributed by atoms with Crippen LogP contribution >= 0.6 is 15.9 Å². The van der Waals surface area contributed by atoms with Crippen molar-refractivity contribution in [3.63, 3.8) is 0 Å². The fourth-order valence-electron chi connectivity index (χ4n) is 1.66. The number of rotatable bonds is 5. The van der Waals surface area contributed by atoms with Crippen molar-refractivity contribution in [2.24, 2.45) is 0 Å². The number of aliphatic hydroxyl groups excluding tert-OH is 1. The first-order valence-electron chi connectivity index (χ1n) is 5.92. The number of carbonyl (C=O) groups is 1. The van der Waals surface area contributed by atoms with E-state index >= 15 is 0 Å². The Labute approximate surface area is 116 Å². The largest absolute Gasteiger partial charge is 0.389 e. The average Bonchev–Trinajstić information content (AvgIpc) is 2.35. The van der Waals surface area contributed by atoms with Crippen LogP contribution in [0.5, 0.6) is 0 Å². The fraction of sp³-hybridized carbons (Fsp3) is 0.462. The lowest BCUT2D eigenvalue weighted by Crippen LogP contribution is -2.35. The van der Waals surface area contributed by atoms with Crippen molar-refractivity contribution in [3.05, 3.63) is 28.2 Å². The van der Waals surface area contributed by atoms with E-state index in [1.807, 2.05) is 30.0 Å². The maximum Gasteiger partial charge on any atom is 0.239 e. The number of amides is 1. The van der Waals surface area contributed by atoms with Crippen LogP contribution in [-0.2, 0) is 4.79 Å². The van der Waals surface area contributed by atoms with Crippen LogP contribution in [0.15, 0.2) is 22.7 Å². The van der Waals surface area contributed by atoms with E-state index in [0.717, 1.165) is 22.3 Å². The summed E-state index contributed by atoms with van der Waals surface area (Å²) in [6, 6.07) is 5.67. The molecule has 0 aliphatic rings. The first kappa shape index (κ1) is 15.0. The van der Waals surface area contributed by atoms with E-state index in [2.05, 4.69) is 21.2 Å². The number of likely N-dealkylation sites (N-methyl/N-ethyl adjacent to an activating group) is 2. The van der Waals surface area contributed by atoms with Crippen molar-refractivity contribution in [1.29, 1.82) is 0 Å². The number of carbonyl (C=O) groups excluding carboxylic acids is 1. The number of aliphatic hydroxyl groups is 1. The number of anilines is 1. The molecule has 0 aromatic heterocycles. The summed E-state index contributed by atoms with van der Waals surface area (Å²) in [6.45, 7) is 4.78. The molecule has 1 rings (SSSR count). The van der Waals surface area contributed by atoms with Gasteiger partial charge in [0.1, 0.15) is 0 Å². The van der Waals surface area contributed by atoms with Crippen LogP contribution in [0.1, 0.15) is 25.5 Å². The zero-order chi connectivity index (χ0) is 13.7. The van der Waals surface area contributed by atoms with Gasteiger partial charge in [-0.15, -0.1) is 0 Å². The van der Waals surface area contributed by atoms with Gasteiger partial charge in [0, 0.05) is 18.1 Å². The molecule has 0 bridgehead atoms. The molecule has 0 heterocycles. The molecular weight excluding hydrogens is 296 g/mol. The minimum atomic E-state index is -0.496. The molecule has 1 amide bonds. The molecule has 1 atom stereocenters. The van der Waals surface area contributed by atoms with Crippen molar-refractivity contribution >= 4 is 27.5 Å². The van der Waals surface area contributed by atoms with E-state index in [0.29, 0.717) is 6.54 Å². The fourth-order valence-corrected chi connectivity index (χ4v) is 2.31. The Kier molecular flexibility index (Phi) is 5.62. The van der Waals surface area contributed by atoms with E-state index in [4.69, 9.17) is 0 Å². The Morgan fingerprint density at radius 2 is 2.22 bits per heavy atom. The third-order valence-corrected chi connectivity index (χ3v) is 3.43. The van der Waals surface area contributed by atoms with Crippen molar-refractivity contribution in [3.8, 4) is 0 Å². The zero-order valence-electron chi connectivity index (χ0n) is 10.9. The van der Waals surface area contributed by atoms with Crippen LogP contribution in [0.2, 0.25) is 0 Å². The molecule has 0 unspecified atom stereocenters. The van der Waals surface area contributed by atoms with Gasteiger partial charge >= 0.3 is 0 Å². The smallest absolute Gasteiger partial charge is 0.239 e. The molecular formula is C13H19BrN2O2. The molecule has 100 valence electrons. The van der Waals surface area contributed by atoms with E-state index in [-0.39, 0.29) is 5.91 Å². The monoisotopic (exact) mass is 314 g/mol. The Morgan fingerprint density at radius 3 is 2.67 bits per heavy atom. The van der Waals surface area contributed by atoms with Crippen LogP contribution in [0, 0.1) is 0 Å². The highest BCUT2D eigenvalue weighted by atomic mass is 79.9. The second kappa shape index (κ2) is 6.75. The molecule has 0 radical (unpaired) electrons. The summed E-state index contributed by atoms with van der Waals surface area (Å²) >= 11 is 3.48. The maximum absolute atomic E-state index is 11.4. The van der Waals surface area contributed by atoms with E-state index < -0.39 is 6.10 Å². The summed E-state index contributed by atoms with van der Waals surface area (Å²) in [5, 5.41) is 12.1. The minimum Gasteiger partial charge on any atom is -0.389 e. The molecule has 18 heavy (non-hydrogen) atoms. The van der Waals surface area contributed by atoms with Gasteiger partial charge in [-0.2, -0.15) is 0 Å². The van der Waals surface area contributed by atoms with E-state index in [1.165, 1.54) is 0 Å². The van der Waals surface area contributed by atoms with Gasteiger partial charge in [-0.25, -0.2) is 0 Å². The van der Waals surface area contributed by atoms with Gasteiger partial charge in [-0.3, -0.25) is 4.79 Å². The lowest BCUT2D eigenvalue weighted by molar-refractivity contribution is -0.119. The lowest BCUT2D eigenvalue weighted by Gasteiger charge is -2.24. The highest BCUT2D eigenvalue weighted by Crippen LogP contribution is 2.29. The number of hydrogen-bond donors (Lipinski definition) is 2. The van der Waals surface area contributed by atoms with Gasteiger partial charge in [0.25, 0.3) is 0 Å². The van der Waals surface area contributed by atoms with Crippen LogP contribution in [-0.4, -0.2) is 31.2 Å². The normalized spacial score (nSPS) is 12.1. The van der Waals surface area contributed by atoms with Gasteiger partial charge in [-0.1, -0.05) is 6.07 Å². The second-order valence-electron chi connectivity index (χ2n) is 4.07. The summed E-state index contributed by atoms with van der Waals surface area (Å²) in [5.41, 5.74) is 1.80. The Hall–Kier alpha value is -1.07. The SMILES string of the molecule is CCN(CC(=O)NC)c1ccc([C@H](C)O)cc1Br. The lowest BCUT2D eigenvalue weighted by atomic mass is 10.1. The predicted molar refractivity (Wildman–Crippen MR) is 76.7 cm³/mol. The van der Waals surface area contributed by atoms with Crippen molar-refractivity contribution < 1.29 is 9.90 Å². The van der Waals surface area contributed by atoms with Crippen LogP contribution in [0.4, 0.5) is 5.69 Å². The van der Waals surface area contributed by atoms with Crippen LogP contribution < -0.4 is 10.2 Å². The summed E-state index contributed by atoms with van der Waals surface area (Å²) in [5.74, 6) is -0.0247. The average molecular weight is 315 g/mol. The highest BCUT2D eigenvalue weighted by Gasteiger charge is 2.13. The second-order valence-corrected chi connectivity index (χ2v) is 4.93. The van der Waals surface area contributed by atoms with Crippen LogP contribution in [0.3, 0.4) is 0 Å². The van der Waals surface area contributed by atoms with Crippen molar-refractivity contribution in [2.75, 3.05) is 25.0 Å². The molecule has 1 aromatic carbocycles. The molecule has 5 heteroatoms. The number of nitrogens with zero attached hydrogens (tertiary/aromatic N) is 1. The predicted octanol–water partition coefficient (Wildman–Crippen LogP) is 2.07. The first-order valence-corrected chi connectivity index (χ1v) is 6.72. The third-order valence-electron chi connectivity index (χ3n) is 2.79. The number of hydrogen-bond acceptors (Lipinski definition) is 3. The summed E-state index contributed by atoms with van der Waals surface area (Å²) in [7, 11) is 1.63. The molecule has 4 nitrogen and oxygen atoms in total. The van der Waals surface area contributed by atoms with Crippen molar-refractivity contribution in [1.82, 2.24) is 5.32 Å². The summed E-state index contributed by atoms with van der Waals surface area (Å²) in [6.07, 6.45) is -0.496. The Balaban J connectivity index is 2.96. The van der Waals surface area contributed by atoms with Gasteiger partial charge in [0.05, 0.1) is 18.3 Å². The molecule has 0 saturated heterocycles. The number of nitrogens with one attached hydrogen (secondary N) is 1. The topological polar surface area (TPSA) is 52.6 Å². The molecule has 2 N–H and O–H groups in total. The van der Waals surface area contributed by atoms with Gasteiger partial charge < -0.3 is 15.3 Å². The maximum atomic E-state index is 11.4. The first-order chi connectivity index (χ1) is 8.49. The minimum absolute atomic E-state index is 0.0247. The van der Waals surface area contributed by atoms with Crippen LogP contribution in [0.25, 0.3) is 0 Å². The third kappa shape index (κ3) is 3.71. The van der Waals surface area contributed by atoms with E-state index in [1.54, 1.807) is 14.0 Å². The molecule has 0 saturated carbocycles. The number of halogens is 1. The Morgan fingerprint density at radius 1 is 1.56 bits per heavy atom. The summed E-state index contributed by atoms with van der Waals surface area (Å²) in [4.78, 5) is 13.4. The van der Waals surface area contributed by atoms with Crippen molar-refractivity contribution in [2.45, 2.75) is 20.0 Å². The number of benzene rings is 1. The highest BCUT2D eigenvalue weighted by molar-refractivity contribution is 9.10. The molecule has 0 aliphatic heterocycles. The molecule has 1 aromatic rings.